The molecule has 1 aromatic carbocycles. The van der Waals surface area contributed by atoms with Crippen LogP contribution in [0, 0.1) is 0 Å². The Labute approximate surface area is 110 Å². The summed E-state index contributed by atoms with van der Waals surface area (Å²) in [6.45, 7) is 4.03. The highest BCUT2D eigenvalue weighted by molar-refractivity contribution is 9.10. The molecule has 1 unspecified atom stereocenters. The molecule has 0 bridgehead atoms. The van der Waals surface area contributed by atoms with E-state index in [-0.39, 0.29) is 0 Å². The molecule has 2 heterocycles. The molecular weight excluding hydrogens is 280 g/mol. The predicted octanol–water partition coefficient (Wildman–Crippen LogP) is 2.86. The van der Waals surface area contributed by atoms with Gasteiger partial charge in [-0.05, 0) is 31.0 Å². The molecular formula is C13H17BrN2O. The lowest BCUT2D eigenvalue weighted by atomic mass is 10.1. The minimum Gasteiger partial charge on any atom is -0.382 e. The lowest BCUT2D eigenvalue weighted by Crippen LogP contribution is -2.39. The van der Waals surface area contributed by atoms with E-state index in [0.717, 1.165) is 30.7 Å². The van der Waals surface area contributed by atoms with E-state index < -0.39 is 0 Å². The van der Waals surface area contributed by atoms with E-state index in [1.807, 2.05) is 0 Å². The average Bonchev–Trinajstić information content (AvgIpc) is 2.83. The van der Waals surface area contributed by atoms with Crippen LogP contribution < -0.4 is 10.2 Å². The molecule has 0 aliphatic carbocycles. The van der Waals surface area contributed by atoms with Crippen molar-refractivity contribution < 1.29 is 4.74 Å². The first kappa shape index (κ1) is 11.4. The molecule has 1 aromatic rings. The van der Waals surface area contributed by atoms with E-state index in [1.165, 1.54) is 24.2 Å². The Morgan fingerprint density at radius 3 is 3.24 bits per heavy atom. The number of anilines is 2. The summed E-state index contributed by atoms with van der Waals surface area (Å²) < 4.78 is 6.86. The van der Waals surface area contributed by atoms with Gasteiger partial charge in [0.25, 0.3) is 0 Å². The maximum atomic E-state index is 5.73. The predicted molar refractivity (Wildman–Crippen MR) is 73.8 cm³/mol. The Hall–Kier alpha value is -0.740. The monoisotopic (exact) mass is 296 g/mol. The summed E-state index contributed by atoms with van der Waals surface area (Å²) >= 11 is 3.54. The van der Waals surface area contributed by atoms with Gasteiger partial charge in [0.15, 0.2) is 0 Å². The molecule has 0 spiro atoms. The van der Waals surface area contributed by atoms with Crippen molar-refractivity contribution in [1.82, 2.24) is 0 Å². The molecule has 0 aromatic heterocycles. The van der Waals surface area contributed by atoms with Crippen molar-refractivity contribution in [1.29, 1.82) is 0 Å². The number of ether oxygens (including phenoxy) is 1. The summed E-state index contributed by atoms with van der Waals surface area (Å²) in [4.78, 5) is 2.44. The topological polar surface area (TPSA) is 24.5 Å². The molecule has 3 rings (SSSR count). The lowest BCUT2D eigenvalue weighted by molar-refractivity contribution is 0.115. The van der Waals surface area contributed by atoms with E-state index >= 15 is 0 Å². The summed E-state index contributed by atoms with van der Waals surface area (Å²) in [5, 5.41) is 3.44. The lowest BCUT2D eigenvalue weighted by Gasteiger charge is -2.33. The Morgan fingerprint density at radius 1 is 1.47 bits per heavy atom. The smallest absolute Gasteiger partial charge is 0.0750 e. The molecule has 4 heteroatoms. The molecule has 0 radical (unpaired) electrons. The summed E-state index contributed by atoms with van der Waals surface area (Å²) in [6, 6.07) is 6.42. The van der Waals surface area contributed by atoms with Crippen LogP contribution in [0.3, 0.4) is 0 Å². The molecule has 1 fully saturated rings. The van der Waals surface area contributed by atoms with Crippen LogP contribution in [0.15, 0.2) is 22.7 Å². The van der Waals surface area contributed by atoms with Crippen LogP contribution in [-0.2, 0) is 4.74 Å². The molecule has 1 atom stereocenters. The van der Waals surface area contributed by atoms with Crippen molar-refractivity contribution in [2.24, 2.45) is 0 Å². The Kier molecular flexibility index (Phi) is 3.25. The standard InChI is InChI=1S/C13H17BrN2O/c14-10-3-4-12-13(8-10)16(6-5-15-12)9-11-2-1-7-17-11/h3-4,8,11,15H,1-2,5-7,9H2. The number of nitrogens with zero attached hydrogens (tertiary/aromatic N) is 1. The fraction of sp³-hybridized carbons (Fsp3) is 0.538. The van der Waals surface area contributed by atoms with Crippen molar-refractivity contribution in [3.05, 3.63) is 22.7 Å². The van der Waals surface area contributed by atoms with E-state index in [0.29, 0.717) is 6.10 Å². The van der Waals surface area contributed by atoms with Gasteiger partial charge in [0.1, 0.15) is 0 Å². The number of rotatable bonds is 2. The summed E-state index contributed by atoms with van der Waals surface area (Å²) in [6.07, 6.45) is 2.83. The second-order valence-corrected chi connectivity index (χ2v) is 5.58. The van der Waals surface area contributed by atoms with Crippen LogP contribution in [0.2, 0.25) is 0 Å². The fourth-order valence-electron chi connectivity index (χ4n) is 2.59. The summed E-state index contributed by atoms with van der Waals surface area (Å²) in [5.74, 6) is 0. The highest BCUT2D eigenvalue weighted by Gasteiger charge is 2.23. The van der Waals surface area contributed by atoms with Crippen LogP contribution in [-0.4, -0.2) is 32.3 Å². The maximum absolute atomic E-state index is 5.73. The summed E-state index contributed by atoms with van der Waals surface area (Å²) in [7, 11) is 0. The molecule has 17 heavy (non-hydrogen) atoms. The van der Waals surface area contributed by atoms with Crippen molar-refractivity contribution in [3.8, 4) is 0 Å². The Morgan fingerprint density at radius 2 is 2.41 bits per heavy atom. The third-order valence-corrected chi connectivity index (χ3v) is 3.94. The van der Waals surface area contributed by atoms with Gasteiger partial charge in [-0.2, -0.15) is 0 Å². The van der Waals surface area contributed by atoms with Gasteiger partial charge >= 0.3 is 0 Å². The fourth-order valence-corrected chi connectivity index (χ4v) is 2.93. The average molecular weight is 297 g/mol. The zero-order valence-electron chi connectivity index (χ0n) is 9.79. The van der Waals surface area contributed by atoms with Crippen LogP contribution >= 0.6 is 15.9 Å². The number of fused-ring (bicyclic) bond motifs is 1. The first-order valence-corrected chi connectivity index (χ1v) is 7.02. The van der Waals surface area contributed by atoms with Gasteiger partial charge in [-0.25, -0.2) is 0 Å². The normalized spacial score (nSPS) is 23.4. The van der Waals surface area contributed by atoms with Crippen LogP contribution in [0.5, 0.6) is 0 Å². The number of halogens is 1. The van der Waals surface area contributed by atoms with Crippen molar-refractivity contribution in [3.63, 3.8) is 0 Å². The Balaban J connectivity index is 1.80. The first-order valence-electron chi connectivity index (χ1n) is 6.23. The van der Waals surface area contributed by atoms with Crippen molar-refractivity contribution in [2.75, 3.05) is 36.5 Å². The molecule has 0 amide bonds. The zero-order valence-corrected chi connectivity index (χ0v) is 11.4. The van der Waals surface area contributed by atoms with Crippen molar-refractivity contribution in [2.45, 2.75) is 18.9 Å². The summed E-state index contributed by atoms with van der Waals surface area (Å²) in [5.41, 5.74) is 2.53. The van der Waals surface area contributed by atoms with E-state index in [4.69, 9.17) is 4.74 Å². The van der Waals surface area contributed by atoms with Gasteiger partial charge in [0.2, 0.25) is 0 Å². The van der Waals surface area contributed by atoms with Gasteiger partial charge in [0.05, 0.1) is 17.5 Å². The largest absolute Gasteiger partial charge is 0.382 e. The Bertz CT molecular complexity index is 404. The third kappa shape index (κ3) is 2.43. The highest BCUT2D eigenvalue weighted by atomic mass is 79.9. The molecule has 1 saturated heterocycles. The van der Waals surface area contributed by atoms with Gasteiger partial charge in [-0.3, -0.25) is 0 Å². The minimum absolute atomic E-state index is 0.417. The van der Waals surface area contributed by atoms with Crippen LogP contribution in [0.1, 0.15) is 12.8 Å². The third-order valence-electron chi connectivity index (χ3n) is 3.45. The highest BCUT2D eigenvalue weighted by Crippen LogP contribution is 2.32. The number of hydrogen-bond donors (Lipinski definition) is 1. The van der Waals surface area contributed by atoms with E-state index in [1.54, 1.807) is 0 Å². The molecule has 2 aliphatic heterocycles. The maximum Gasteiger partial charge on any atom is 0.0750 e. The van der Waals surface area contributed by atoms with Gasteiger partial charge in [-0.1, -0.05) is 15.9 Å². The van der Waals surface area contributed by atoms with Crippen molar-refractivity contribution >= 4 is 27.3 Å². The zero-order chi connectivity index (χ0) is 11.7. The minimum atomic E-state index is 0.417. The second-order valence-electron chi connectivity index (χ2n) is 4.67. The quantitative estimate of drug-likeness (QED) is 0.908. The van der Waals surface area contributed by atoms with Gasteiger partial charge in [-0.15, -0.1) is 0 Å². The number of benzene rings is 1. The molecule has 0 saturated carbocycles. The SMILES string of the molecule is Brc1ccc2c(c1)N(CC1CCCO1)CCN2. The van der Waals surface area contributed by atoms with E-state index in [9.17, 15) is 0 Å². The second kappa shape index (κ2) is 4.86. The molecule has 1 N–H and O–H groups in total. The molecule has 3 nitrogen and oxygen atoms in total. The first-order chi connectivity index (χ1) is 8.33. The number of nitrogens with one attached hydrogen (secondary N) is 1. The molecule has 2 aliphatic rings. The van der Waals surface area contributed by atoms with Crippen LogP contribution in [0.25, 0.3) is 0 Å². The van der Waals surface area contributed by atoms with Gasteiger partial charge in [0, 0.05) is 30.7 Å². The van der Waals surface area contributed by atoms with Gasteiger partial charge < -0.3 is 15.0 Å². The number of hydrogen-bond acceptors (Lipinski definition) is 3. The van der Waals surface area contributed by atoms with Crippen LogP contribution in [0.4, 0.5) is 11.4 Å². The van der Waals surface area contributed by atoms with E-state index in [2.05, 4.69) is 44.3 Å². The molecule has 92 valence electrons.